The highest BCUT2D eigenvalue weighted by molar-refractivity contribution is 7.90. The van der Waals surface area contributed by atoms with Gasteiger partial charge in [-0.15, -0.1) is 15.3 Å². The van der Waals surface area contributed by atoms with E-state index in [1.807, 2.05) is 90.0 Å². The van der Waals surface area contributed by atoms with Gasteiger partial charge in [-0.05, 0) is 151 Å². The number of rotatable bonds is 23. The topological polar surface area (TPSA) is 303 Å². The second-order valence-electron chi connectivity index (χ2n) is 30.0. The van der Waals surface area contributed by atoms with E-state index < -0.39 is 27.8 Å². The molecule has 1 unspecified atom stereocenters. The average Bonchev–Trinajstić information content (AvgIpc) is 1.62. The van der Waals surface area contributed by atoms with Crippen LogP contribution in [0.25, 0.3) is 49.9 Å². The lowest BCUT2D eigenvalue weighted by Gasteiger charge is -2.34. The number of hydrogen-bond acceptors (Lipinski definition) is 21. The largest absolute Gasteiger partial charge is 0.437 e. The number of morpholine rings is 1. The normalized spacial score (nSPS) is 19.2. The molecular formula is C78H98F2N20O7S. The number of hydrogen-bond donors (Lipinski definition) is 4. The molecule has 2 saturated carbocycles. The van der Waals surface area contributed by atoms with Crippen LogP contribution in [0.4, 0.5) is 26.6 Å². The minimum atomic E-state index is -3.39. The first kappa shape index (κ1) is 76.3. The number of amides is 1. The number of fused-ring (bicyclic) bond motifs is 4. The fourth-order valence-corrected chi connectivity index (χ4v) is 15.7. The minimum Gasteiger partial charge on any atom is -0.437 e. The Balaban J connectivity index is 0.000000144. The molecule has 1 saturated heterocycles. The number of alkyl halides is 2. The predicted molar refractivity (Wildman–Crippen MR) is 409 cm³/mol. The maximum Gasteiger partial charge on any atom is 0.250 e. The number of halogens is 2. The van der Waals surface area contributed by atoms with E-state index in [2.05, 4.69) is 110 Å². The summed E-state index contributed by atoms with van der Waals surface area (Å²) in [5.41, 5.74) is 13.3. The number of carbonyl (C=O) groups excluding carboxylic acids is 1. The molecule has 27 nitrogen and oxygen atoms in total. The Kier molecular flexibility index (Phi) is 23.8. The van der Waals surface area contributed by atoms with E-state index in [9.17, 15) is 22.0 Å². The molecule has 572 valence electrons. The Bertz CT molecular complexity index is 4970. The van der Waals surface area contributed by atoms with Gasteiger partial charge in [0.15, 0.2) is 14.9 Å². The van der Waals surface area contributed by atoms with Crippen molar-refractivity contribution in [3.8, 4) is 45.0 Å². The van der Waals surface area contributed by atoms with Crippen molar-refractivity contribution >= 4 is 50.1 Å². The van der Waals surface area contributed by atoms with Gasteiger partial charge in [-0.25, -0.2) is 55.7 Å². The van der Waals surface area contributed by atoms with Crippen LogP contribution in [0.15, 0.2) is 122 Å². The van der Waals surface area contributed by atoms with Crippen LogP contribution >= 0.6 is 0 Å². The summed E-state index contributed by atoms with van der Waals surface area (Å²) in [4.78, 5) is 41.5. The van der Waals surface area contributed by atoms with Crippen molar-refractivity contribution in [2.24, 2.45) is 11.8 Å². The van der Waals surface area contributed by atoms with Gasteiger partial charge in [-0.3, -0.25) is 19.6 Å². The standard InChI is InChI=1S/C28H37N9O3.C27H32N6O2.C23H29F2N5O2S/c1-18(17-39-4)32-27-29-15-25-22(12-24(37(25)34-27)19-5-6-23-20(11-19)13-30-33-23)21-14-31-36(16-21)28(2,3)26(38)35-7-9-40-10-8-35;1-18-6-8-20(9-7-18)24-14-23(25-16-30-27(32-33(24)25)31-19(2)17-34-3)21-10-12-29-26(13-21)35-22-5-4-11-28-15-22;1-14-4-6-16(7-5-14)19-11-18(17-8-9-22(26-12-17)33(3,31)32)20-13-27-23(29-30(19)20)28-15(2)10-21(24)25/h12-16,18-19H,5-11,17H2,1-4H3,(H,30,33)(H,32,34);4-5,10-16,18-20H,6-9,17H2,1-3H3,(H,31,32);8-9,11-16,21H,4-7,10H2,1-3H3,(H,28,29)/t18-,19?;18?,19-,20?;14?,15-,16?/m000/s1. The maximum absolute atomic E-state index is 13.4. The van der Waals surface area contributed by atoms with E-state index in [4.69, 9.17) is 29.1 Å². The van der Waals surface area contributed by atoms with Crippen molar-refractivity contribution in [3.05, 3.63) is 145 Å². The van der Waals surface area contributed by atoms with Gasteiger partial charge in [0.25, 0.3) is 0 Å². The molecule has 3 aliphatic carbocycles. The third kappa shape index (κ3) is 17.8. The highest BCUT2D eigenvalue weighted by atomic mass is 32.2. The number of ether oxygens (including phenoxy) is 4. The summed E-state index contributed by atoms with van der Waals surface area (Å²) < 4.78 is 78.7. The lowest BCUT2D eigenvalue weighted by Crippen LogP contribution is -2.51. The Hall–Kier alpha value is -9.91. The molecule has 0 radical (unpaired) electrons. The lowest BCUT2D eigenvalue weighted by molar-refractivity contribution is -0.143. The Labute approximate surface area is 627 Å². The summed E-state index contributed by atoms with van der Waals surface area (Å²) >= 11 is 0. The number of nitrogens with one attached hydrogen (secondary N) is 4. The van der Waals surface area contributed by atoms with E-state index >= 15 is 0 Å². The zero-order chi connectivity index (χ0) is 75.8. The number of sulfone groups is 1. The van der Waals surface area contributed by atoms with Crippen molar-refractivity contribution in [2.45, 2.75) is 178 Å². The molecule has 4 aliphatic rings. The number of aromatic nitrogens is 16. The van der Waals surface area contributed by atoms with Crippen LogP contribution in [0, 0.1) is 11.8 Å². The number of nitrogens with zero attached hydrogens (tertiary/aromatic N) is 16. The maximum atomic E-state index is 13.4. The first-order chi connectivity index (χ1) is 52.1. The second kappa shape index (κ2) is 33.7. The van der Waals surface area contributed by atoms with Crippen LogP contribution in [-0.4, -0.2) is 182 Å². The van der Waals surface area contributed by atoms with Gasteiger partial charge in [-0.1, -0.05) is 39.5 Å². The van der Waals surface area contributed by atoms with Gasteiger partial charge < -0.3 is 39.8 Å². The van der Waals surface area contributed by atoms with Gasteiger partial charge in [-0.2, -0.15) is 10.2 Å². The van der Waals surface area contributed by atoms with E-state index in [0.717, 1.165) is 118 Å². The molecule has 11 aromatic rings. The number of aromatic amines is 1. The molecule has 4 atom stereocenters. The fourth-order valence-electron chi connectivity index (χ4n) is 15.1. The second-order valence-corrected chi connectivity index (χ2v) is 31.9. The SMILES string of the molecule is CC1CCC(c2cc(-c3ccc(S(C)(=O)=O)nc3)c3cnc(N[C@@H](C)CC(F)F)nn23)CC1.COC[C@H](C)Nc1ncc2c(-c3ccnc(Oc4cccnc4)c3)cc(C3CCC(C)CC3)n2n1.COC[C@H](C)Nc1ncc2c(-c3cnn(C(C)(C)C(=O)N4CCOCC4)c3)cc(C3CCc4[nH]ncc4C3)n2n1. The molecule has 11 aromatic heterocycles. The van der Waals surface area contributed by atoms with E-state index in [0.29, 0.717) is 86.7 Å². The van der Waals surface area contributed by atoms with Gasteiger partial charge in [0.2, 0.25) is 36.1 Å². The quantitative estimate of drug-likeness (QED) is 0.0462. The molecule has 1 amide bonds. The van der Waals surface area contributed by atoms with Crippen LogP contribution in [0.3, 0.4) is 0 Å². The van der Waals surface area contributed by atoms with E-state index in [1.54, 1.807) is 62.9 Å². The average molecular weight is 1500 g/mol. The molecule has 108 heavy (non-hydrogen) atoms. The molecule has 4 N–H and O–H groups in total. The number of pyridine rings is 3. The molecular weight excluding hydrogens is 1400 g/mol. The van der Waals surface area contributed by atoms with E-state index in [-0.39, 0.29) is 35.4 Å². The van der Waals surface area contributed by atoms with Crippen molar-refractivity contribution in [1.82, 2.24) is 83.6 Å². The summed E-state index contributed by atoms with van der Waals surface area (Å²) in [6.07, 6.45) is 28.4. The van der Waals surface area contributed by atoms with Gasteiger partial charge in [0.1, 0.15) is 11.3 Å². The van der Waals surface area contributed by atoms with Gasteiger partial charge >= 0.3 is 0 Å². The fraction of sp³-hybridized carbons (Fsp3) is 0.487. The summed E-state index contributed by atoms with van der Waals surface area (Å²) in [7, 11) is -0.00973. The molecule has 12 heterocycles. The van der Waals surface area contributed by atoms with Crippen molar-refractivity contribution in [1.29, 1.82) is 0 Å². The number of H-pyrrole nitrogens is 1. The smallest absolute Gasteiger partial charge is 0.250 e. The zero-order valence-electron chi connectivity index (χ0n) is 63.1. The van der Waals surface area contributed by atoms with Crippen molar-refractivity contribution < 1.29 is 40.9 Å². The summed E-state index contributed by atoms with van der Waals surface area (Å²) in [5.74, 6) is 5.22. The Morgan fingerprint density at radius 2 is 1.19 bits per heavy atom. The van der Waals surface area contributed by atoms with Gasteiger partial charge in [0, 0.05) is 157 Å². The molecule has 0 spiro atoms. The molecule has 30 heteroatoms. The minimum absolute atomic E-state index is 0.0204. The van der Waals surface area contributed by atoms with Crippen molar-refractivity contribution in [3.63, 3.8) is 0 Å². The van der Waals surface area contributed by atoms with Crippen molar-refractivity contribution in [2.75, 3.05) is 75.9 Å². The van der Waals surface area contributed by atoms with Gasteiger partial charge in [0.05, 0.1) is 80.2 Å². The predicted octanol–water partition coefficient (Wildman–Crippen LogP) is 13.3. The molecule has 0 bridgehead atoms. The van der Waals surface area contributed by atoms with Crippen LogP contribution in [0.2, 0.25) is 0 Å². The number of aryl methyl sites for hydroxylation is 1. The van der Waals surface area contributed by atoms with Crippen LogP contribution in [-0.2, 0) is 47.2 Å². The first-order valence-corrected chi connectivity index (χ1v) is 39.3. The molecule has 1 aliphatic heterocycles. The molecule has 0 aromatic carbocycles. The molecule has 3 fully saturated rings. The number of anilines is 3. The highest BCUT2D eigenvalue weighted by Gasteiger charge is 2.37. The lowest BCUT2D eigenvalue weighted by atomic mass is 9.81. The first-order valence-electron chi connectivity index (χ1n) is 37.4. The Morgan fingerprint density at radius 1 is 0.639 bits per heavy atom. The number of carbonyl (C=O) groups is 1. The Morgan fingerprint density at radius 3 is 1.72 bits per heavy atom. The van der Waals surface area contributed by atoms with Crippen LogP contribution < -0.4 is 20.7 Å². The summed E-state index contributed by atoms with van der Waals surface area (Å²) in [6.45, 7) is 17.7. The monoisotopic (exact) mass is 1500 g/mol. The summed E-state index contributed by atoms with van der Waals surface area (Å²) in [5, 5.41) is 36.2. The zero-order valence-corrected chi connectivity index (χ0v) is 63.9. The summed E-state index contributed by atoms with van der Waals surface area (Å²) in [6, 6.07) is 17.2. The third-order valence-electron chi connectivity index (χ3n) is 21.0. The van der Waals surface area contributed by atoms with Crippen LogP contribution in [0.5, 0.6) is 11.6 Å². The van der Waals surface area contributed by atoms with Crippen LogP contribution in [0.1, 0.15) is 159 Å². The number of methoxy groups -OCH3 is 2. The van der Waals surface area contributed by atoms with E-state index in [1.165, 1.54) is 48.7 Å². The molecule has 15 rings (SSSR count). The third-order valence-corrected chi connectivity index (χ3v) is 22.0. The highest BCUT2D eigenvalue weighted by Crippen LogP contribution is 2.43.